The summed E-state index contributed by atoms with van der Waals surface area (Å²) < 4.78 is 0. The lowest BCUT2D eigenvalue weighted by Crippen LogP contribution is -2.23. The summed E-state index contributed by atoms with van der Waals surface area (Å²) in [6.07, 6.45) is 8.74. The van der Waals surface area contributed by atoms with Gasteiger partial charge in [0.15, 0.2) is 0 Å². The van der Waals surface area contributed by atoms with E-state index in [-0.39, 0.29) is 0 Å². The van der Waals surface area contributed by atoms with Gasteiger partial charge in [-0.2, -0.15) is 0 Å². The van der Waals surface area contributed by atoms with Crippen LogP contribution in [0, 0.1) is 0 Å². The Bertz CT molecular complexity index is 315. The van der Waals surface area contributed by atoms with Gasteiger partial charge in [-0.1, -0.05) is 19.8 Å². The Labute approximate surface area is 102 Å². The van der Waals surface area contributed by atoms with Crippen LogP contribution in [0.25, 0.3) is 0 Å². The van der Waals surface area contributed by atoms with Crippen LogP contribution in [0.5, 0.6) is 0 Å². The number of nitrogens with one attached hydrogen (secondary N) is 1. The molecule has 1 unspecified atom stereocenters. The fourth-order valence-electron chi connectivity index (χ4n) is 2.19. The number of rotatable bonds is 5. The first-order valence-corrected chi connectivity index (χ1v) is 7.29. The summed E-state index contributed by atoms with van der Waals surface area (Å²) in [5.74, 6) is 0.766. The van der Waals surface area contributed by atoms with Crippen LogP contribution in [0.3, 0.4) is 0 Å². The molecule has 0 saturated heterocycles. The van der Waals surface area contributed by atoms with Crippen LogP contribution in [0.1, 0.15) is 61.8 Å². The molecule has 2 nitrogen and oxygen atoms in total. The van der Waals surface area contributed by atoms with Crippen molar-refractivity contribution in [2.45, 2.75) is 64.5 Å². The molecule has 1 heterocycles. The van der Waals surface area contributed by atoms with Crippen molar-refractivity contribution in [2.24, 2.45) is 0 Å². The average molecular weight is 238 g/mol. The van der Waals surface area contributed by atoms with Crippen LogP contribution in [0.15, 0.2) is 6.20 Å². The third kappa shape index (κ3) is 3.05. The van der Waals surface area contributed by atoms with Gasteiger partial charge in [0.25, 0.3) is 0 Å². The summed E-state index contributed by atoms with van der Waals surface area (Å²) in [5, 5.41) is 4.90. The predicted molar refractivity (Wildman–Crippen MR) is 69.9 cm³/mol. The molecule has 0 amide bonds. The molecule has 16 heavy (non-hydrogen) atoms. The molecule has 0 aliphatic heterocycles. The van der Waals surface area contributed by atoms with E-state index in [4.69, 9.17) is 0 Å². The minimum absolute atomic E-state index is 0.608. The summed E-state index contributed by atoms with van der Waals surface area (Å²) >= 11 is 1.91. The normalized spacial score (nSPS) is 19.1. The Hall–Kier alpha value is -0.410. The van der Waals surface area contributed by atoms with Gasteiger partial charge in [0.1, 0.15) is 0 Å². The number of nitrogens with zero attached hydrogens (tertiary/aromatic N) is 1. The third-order valence-corrected chi connectivity index (χ3v) is 4.67. The maximum atomic E-state index is 4.58. The van der Waals surface area contributed by atoms with Gasteiger partial charge >= 0.3 is 0 Å². The first-order valence-electron chi connectivity index (χ1n) is 6.47. The van der Waals surface area contributed by atoms with Gasteiger partial charge in [0, 0.05) is 29.6 Å². The van der Waals surface area contributed by atoms with Crippen LogP contribution < -0.4 is 5.32 Å². The second-order valence-electron chi connectivity index (χ2n) is 4.84. The molecule has 1 aliphatic carbocycles. The van der Waals surface area contributed by atoms with Gasteiger partial charge < -0.3 is 5.32 Å². The van der Waals surface area contributed by atoms with E-state index >= 15 is 0 Å². The van der Waals surface area contributed by atoms with Gasteiger partial charge in [0.05, 0.1) is 5.01 Å². The molecule has 0 radical (unpaired) electrons. The topological polar surface area (TPSA) is 24.9 Å². The highest BCUT2D eigenvalue weighted by atomic mass is 32.1. The minimum atomic E-state index is 0.608. The monoisotopic (exact) mass is 238 g/mol. The van der Waals surface area contributed by atoms with Crippen molar-refractivity contribution in [1.82, 2.24) is 10.3 Å². The van der Waals surface area contributed by atoms with Crippen molar-refractivity contribution < 1.29 is 0 Å². The summed E-state index contributed by atoms with van der Waals surface area (Å²) in [7, 11) is 0. The SMILES string of the molecule is CCC(C)NCc1cnc(C2CCCC2)s1. The van der Waals surface area contributed by atoms with E-state index in [1.807, 2.05) is 11.3 Å². The Kier molecular flexibility index (Phi) is 4.36. The molecule has 0 spiro atoms. The molecule has 3 heteroatoms. The smallest absolute Gasteiger partial charge is 0.0959 e. The Morgan fingerprint density at radius 3 is 2.94 bits per heavy atom. The van der Waals surface area contributed by atoms with E-state index < -0.39 is 0 Å². The first kappa shape index (κ1) is 12.1. The summed E-state index contributed by atoms with van der Waals surface area (Å²) in [4.78, 5) is 5.97. The second-order valence-corrected chi connectivity index (χ2v) is 5.98. The molecule has 90 valence electrons. The summed E-state index contributed by atoms with van der Waals surface area (Å²) in [5.41, 5.74) is 0. The van der Waals surface area contributed by atoms with Crippen molar-refractivity contribution in [3.05, 3.63) is 16.1 Å². The zero-order valence-electron chi connectivity index (χ0n) is 10.3. The quantitative estimate of drug-likeness (QED) is 0.846. The first-order chi connectivity index (χ1) is 7.79. The average Bonchev–Trinajstić information content (AvgIpc) is 2.95. The van der Waals surface area contributed by atoms with Gasteiger partial charge in [-0.15, -0.1) is 11.3 Å². The number of hydrogen-bond donors (Lipinski definition) is 1. The molecule has 1 atom stereocenters. The Morgan fingerprint density at radius 1 is 1.50 bits per heavy atom. The second kappa shape index (κ2) is 5.78. The molecule has 1 aromatic rings. The standard InChI is InChI=1S/C13H22N2S/c1-3-10(2)14-8-12-9-15-13(16-12)11-6-4-5-7-11/h9-11,14H,3-8H2,1-2H3. The van der Waals surface area contributed by atoms with Crippen LogP contribution in [-0.2, 0) is 6.54 Å². The van der Waals surface area contributed by atoms with E-state index in [2.05, 4.69) is 30.3 Å². The highest BCUT2D eigenvalue weighted by Gasteiger charge is 2.19. The molecular weight excluding hydrogens is 216 g/mol. The number of aromatic nitrogens is 1. The lowest BCUT2D eigenvalue weighted by molar-refractivity contribution is 0.537. The molecule has 1 aromatic heterocycles. The molecule has 1 fully saturated rings. The van der Waals surface area contributed by atoms with E-state index in [1.54, 1.807) is 0 Å². The van der Waals surface area contributed by atoms with Crippen molar-refractivity contribution in [3.63, 3.8) is 0 Å². The molecule has 2 rings (SSSR count). The number of hydrogen-bond acceptors (Lipinski definition) is 3. The maximum Gasteiger partial charge on any atom is 0.0959 e. The van der Waals surface area contributed by atoms with E-state index in [9.17, 15) is 0 Å². The fraction of sp³-hybridized carbons (Fsp3) is 0.769. The van der Waals surface area contributed by atoms with Crippen LogP contribution in [0.2, 0.25) is 0 Å². The summed E-state index contributed by atoms with van der Waals surface area (Å²) in [6.45, 7) is 5.44. The molecule has 1 N–H and O–H groups in total. The van der Waals surface area contributed by atoms with E-state index in [1.165, 1.54) is 42.0 Å². The molecule has 1 aliphatic rings. The zero-order chi connectivity index (χ0) is 11.4. The van der Waals surface area contributed by atoms with Crippen molar-refractivity contribution >= 4 is 11.3 Å². The summed E-state index contributed by atoms with van der Waals surface area (Å²) in [6, 6.07) is 0.608. The third-order valence-electron chi connectivity index (χ3n) is 3.51. The fourth-order valence-corrected chi connectivity index (χ4v) is 3.22. The lowest BCUT2D eigenvalue weighted by Gasteiger charge is -2.09. The minimum Gasteiger partial charge on any atom is -0.309 e. The van der Waals surface area contributed by atoms with Crippen molar-refractivity contribution in [3.8, 4) is 0 Å². The Balaban J connectivity index is 1.86. The Morgan fingerprint density at radius 2 is 2.25 bits per heavy atom. The van der Waals surface area contributed by atoms with Gasteiger partial charge in [-0.3, -0.25) is 0 Å². The van der Waals surface area contributed by atoms with Gasteiger partial charge in [0.2, 0.25) is 0 Å². The molecule has 1 saturated carbocycles. The molecule has 0 aromatic carbocycles. The van der Waals surface area contributed by atoms with Crippen molar-refractivity contribution in [1.29, 1.82) is 0 Å². The van der Waals surface area contributed by atoms with Gasteiger partial charge in [-0.25, -0.2) is 4.98 Å². The van der Waals surface area contributed by atoms with E-state index in [0.717, 1.165) is 12.5 Å². The van der Waals surface area contributed by atoms with Crippen LogP contribution in [0.4, 0.5) is 0 Å². The predicted octanol–water partition coefficient (Wildman–Crippen LogP) is 3.69. The highest BCUT2D eigenvalue weighted by molar-refractivity contribution is 7.11. The van der Waals surface area contributed by atoms with Crippen molar-refractivity contribution in [2.75, 3.05) is 0 Å². The van der Waals surface area contributed by atoms with Crippen LogP contribution in [-0.4, -0.2) is 11.0 Å². The highest BCUT2D eigenvalue weighted by Crippen LogP contribution is 2.35. The molecule has 0 bridgehead atoms. The van der Waals surface area contributed by atoms with Crippen LogP contribution >= 0.6 is 11.3 Å². The largest absolute Gasteiger partial charge is 0.309 e. The number of thiazole rings is 1. The van der Waals surface area contributed by atoms with Gasteiger partial charge in [-0.05, 0) is 26.2 Å². The van der Waals surface area contributed by atoms with E-state index in [0.29, 0.717) is 6.04 Å². The molecular formula is C13H22N2S. The maximum absolute atomic E-state index is 4.58. The lowest BCUT2D eigenvalue weighted by atomic mass is 10.1. The zero-order valence-corrected chi connectivity index (χ0v) is 11.1.